The molecule has 0 aliphatic carbocycles. The van der Waals surface area contributed by atoms with Crippen LogP contribution in [0.1, 0.15) is 46.5 Å². The summed E-state index contributed by atoms with van der Waals surface area (Å²) in [6.45, 7) is 6.74. The van der Waals surface area contributed by atoms with E-state index in [0.717, 1.165) is 5.92 Å². The molecular weight excluding hydrogens is 184 g/mol. The Labute approximate surface area is 84.9 Å². The summed E-state index contributed by atoms with van der Waals surface area (Å²) < 4.78 is 0. The van der Waals surface area contributed by atoms with Crippen molar-refractivity contribution < 1.29 is 19.8 Å². The van der Waals surface area contributed by atoms with Crippen LogP contribution in [0.3, 0.4) is 0 Å². The van der Waals surface area contributed by atoms with E-state index in [2.05, 4.69) is 20.8 Å². The molecule has 0 bridgehead atoms. The van der Waals surface area contributed by atoms with E-state index in [0.29, 0.717) is 0 Å². The highest BCUT2D eigenvalue weighted by Gasteiger charge is 2.00. The van der Waals surface area contributed by atoms with Gasteiger partial charge in [-0.05, 0) is 5.92 Å². The maximum atomic E-state index is 9.64. The largest absolute Gasteiger partial charge is 0.481 e. The maximum absolute atomic E-state index is 9.64. The van der Waals surface area contributed by atoms with E-state index in [9.17, 15) is 9.59 Å². The molecule has 4 nitrogen and oxygen atoms in total. The van der Waals surface area contributed by atoms with Gasteiger partial charge in [0.25, 0.3) is 0 Å². The lowest BCUT2D eigenvalue weighted by molar-refractivity contribution is -0.143. The molecule has 0 radical (unpaired) electrons. The van der Waals surface area contributed by atoms with Crippen LogP contribution >= 0.6 is 0 Å². The highest BCUT2D eigenvalue weighted by atomic mass is 16.4. The number of hydrogen-bond acceptors (Lipinski definition) is 2. The molecule has 0 amide bonds. The fourth-order valence-corrected chi connectivity index (χ4v) is 0.503. The first-order valence-corrected chi connectivity index (χ1v) is 4.87. The minimum absolute atomic E-state index is 0.296. The standard InChI is InChI=1S/C6H14.C4H6O4/c1-4-6(3)5-2;5-3(6)1-2-4(7)8/h6H,4-5H2,1-3H3;1-2H2,(H,5,6)(H,7,8). The van der Waals surface area contributed by atoms with Crippen molar-refractivity contribution in [1.29, 1.82) is 0 Å². The molecule has 0 saturated heterocycles. The first-order chi connectivity index (χ1) is 6.43. The Kier molecular flexibility index (Phi) is 11.0. The highest BCUT2D eigenvalue weighted by molar-refractivity contribution is 5.75. The minimum Gasteiger partial charge on any atom is -0.481 e. The van der Waals surface area contributed by atoms with E-state index in [4.69, 9.17) is 10.2 Å². The Hall–Kier alpha value is -1.06. The van der Waals surface area contributed by atoms with Crippen molar-refractivity contribution >= 4 is 11.9 Å². The van der Waals surface area contributed by atoms with Crippen molar-refractivity contribution in [1.82, 2.24) is 0 Å². The molecule has 0 aliphatic rings. The van der Waals surface area contributed by atoms with Gasteiger partial charge in [-0.25, -0.2) is 0 Å². The lowest BCUT2D eigenvalue weighted by atomic mass is 10.1. The summed E-state index contributed by atoms with van der Waals surface area (Å²) >= 11 is 0. The second-order valence-electron chi connectivity index (χ2n) is 3.21. The monoisotopic (exact) mass is 204 g/mol. The lowest BCUT2D eigenvalue weighted by Gasteiger charge is -1.98. The first kappa shape index (κ1) is 15.4. The summed E-state index contributed by atoms with van der Waals surface area (Å²) in [6, 6.07) is 0. The van der Waals surface area contributed by atoms with Crippen molar-refractivity contribution in [2.45, 2.75) is 46.5 Å². The van der Waals surface area contributed by atoms with Crippen LogP contribution in [0.25, 0.3) is 0 Å². The van der Waals surface area contributed by atoms with Crippen molar-refractivity contribution in [2.75, 3.05) is 0 Å². The number of aliphatic carboxylic acids is 2. The molecule has 4 heteroatoms. The van der Waals surface area contributed by atoms with Gasteiger partial charge < -0.3 is 10.2 Å². The van der Waals surface area contributed by atoms with Crippen LogP contribution in [0, 0.1) is 5.92 Å². The maximum Gasteiger partial charge on any atom is 0.303 e. The van der Waals surface area contributed by atoms with Crippen molar-refractivity contribution in [2.24, 2.45) is 5.92 Å². The Balaban J connectivity index is 0. The molecule has 0 rings (SSSR count). The van der Waals surface area contributed by atoms with Gasteiger partial charge in [-0.2, -0.15) is 0 Å². The van der Waals surface area contributed by atoms with Crippen LogP contribution in [-0.4, -0.2) is 22.2 Å². The van der Waals surface area contributed by atoms with E-state index in [1.807, 2.05) is 0 Å². The predicted molar refractivity (Wildman–Crippen MR) is 54.3 cm³/mol. The van der Waals surface area contributed by atoms with Gasteiger partial charge in [-0.15, -0.1) is 0 Å². The quantitative estimate of drug-likeness (QED) is 0.721. The molecule has 0 aliphatic heterocycles. The van der Waals surface area contributed by atoms with Crippen LogP contribution in [-0.2, 0) is 9.59 Å². The molecule has 2 N–H and O–H groups in total. The van der Waals surface area contributed by atoms with Crippen molar-refractivity contribution in [3.63, 3.8) is 0 Å². The molecule has 0 aromatic heterocycles. The third-order valence-electron chi connectivity index (χ3n) is 1.95. The molecular formula is C10H20O4. The molecule has 0 aromatic rings. The predicted octanol–water partition coefficient (Wildman–Crippen LogP) is 2.38. The average Bonchev–Trinajstić information content (AvgIpc) is 2.14. The molecule has 0 atom stereocenters. The fourth-order valence-electron chi connectivity index (χ4n) is 0.503. The summed E-state index contributed by atoms with van der Waals surface area (Å²) in [5.41, 5.74) is 0. The van der Waals surface area contributed by atoms with E-state index in [1.54, 1.807) is 0 Å². The highest BCUT2D eigenvalue weighted by Crippen LogP contribution is 2.02. The molecule has 0 aromatic carbocycles. The van der Waals surface area contributed by atoms with Crippen LogP contribution in [0.15, 0.2) is 0 Å². The zero-order chi connectivity index (χ0) is 11.6. The topological polar surface area (TPSA) is 74.6 Å². The van der Waals surface area contributed by atoms with Gasteiger partial charge in [0.15, 0.2) is 0 Å². The summed E-state index contributed by atoms with van der Waals surface area (Å²) in [4.78, 5) is 19.3. The molecule has 0 fully saturated rings. The third-order valence-corrected chi connectivity index (χ3v) is 1.95. The number of carboxylic acids is 2. The van der Waals surface area contributed by atoms with Gasteiger partial charge in [0.05, 0.1) is 12.8 Å². The first-order valence-electron chi connectivity index (χ1n) is 4.87. The lowest BCUT2D eigenvalue weighted by Crippen LogP contribution is -2.00. The number of rotatable bonds is 5. The minimum atomic E-state index is -1.08. The molecule has 84 valence electrons. The zero-order valence-corrected chi connectivity index (χ0v) is 9.12. The van der Waals surface area contributed by atoms with Gasteiger partial charge >= 0.3 is 11.9 Å². The second-order valence-corrected chi connectivity index (χ2v) is 3.21. The van der Waals surface area contributed by atoms with Gasteiger partial charge in [0.1, 0.15) is 0 Å². The molecule has 0 unspecified atom stereocenters. The van der Waals surface area contributed by atoms with E-state index in [1.165, 1.54) is 12.8 Å². The van der Waals surface area contributed by atoms with Crippen molar-refractivity contribution in [3.8, 4) is 0 Å². The van der Waals surface area contributed by atoms with E-state index in [-0.39, 0.29) is 12.8 Å². The van der Waals surface area contributed by atoms with Gasteiger partial charge in [-0.3, -0.25) is 9.59 Å². The van der Waals surface area contributed by atoms with Crippen LogP contribution < -0.4 is 0 Å². The molecule has 14 heavy (non-hydrogen) atoms. The van der Waals surface area contributed by atoms with Crippen LogP contribution in [0.2, 0.25) is 0 Å². The van der Waals surface area contributed by atoms with Gasteiger partial charge in [0.2, 0.25) is 0 Å². The summed E-state index contributed by atoms with van der Waals surface area (Å²) in [6.07, 6.45) is 2.07. The third kappa shape index (κ3) is 17.1. The van der Waals surface area contributed by atoms with Gasteiger partial charge in [-0.1, -0.05) is 33.6 Å². The van der Waals surface area contributed by atoms with E-state index < -0.39 is 11.9 Å². The van der Waals surface area contributed by atoms with Crippen LogP contribution in [0.4, 0.5) is 0 Å². The summed E-state index contributed by atoms with van der Waals surface area (Å²) in [5, 5.41) is 15.8. The summed E-state index contributed by atoms with van der Waals surface area (Å²) in [7, 11) is 0. The number of carboxylic acid groups (broad SMARTS) is 2. The Morgan fingerprint density at radius 3 is 1.36 bits per heavy atom. The Morgan fingerprint density at radius 2 is 1.29 bits per heavy atom. The normalized spacial score (nSPS) is 9.14. The number of carbonyl (C=O) groups is 2. The second kappa shape index (κ2) is 10.0. The average molecular weight is 204 g/mol. The Morgan fingerprint density at radius 1 is 1.00 bits per heavy atom. The summed E-state index contributed by atoms with van der Waals surface area (Å²) in [5.74, 6) is -1.22. The van der Waals surface area contributed by atoms with Crippen LogP contribution in [0.5, 0.6) is 0 Å². The molecule has 0 heterocycles. The SMILES string of the molecule is CCC(C)CC.O=C(O)CCC(=O)O. The fraction of sp³-hybridized carbons (Fsp3) is 0.800. The van der Waals surface area contributed by atoms with Crippen molar-refractivity contribution in [3.05, 3.63) is 0 Å². The zero-order valence-electron chi connectivity index (χ0n) is 9.12. The molecule has 0 saturated carbocycles. The smallest absolute Gasteiger partial charge is 0.303 e. The molecule has 0 spiro atoms. The van der Waals surface area contributed by atoms with E-state index >= 15 is 0 Å². The van der Waals surface area contributed by atoms with Gasteiger partial charge in [0, 0.05) is 0 Å². The Bertz CT molecular complexity index is 148. The number of hydrogen-bond donors (Lipinski definition) is 2.